The molecule has 19 heavy (non-hydrogen) atoms. The molecule has 6 nitrogen and oxygen atoms in total. The maximum atomic E-state index is 9.78. The molecule has 2 rings (SSSR count). The van der Waals surface area contributed by atoms with Crippen molar-refractivity contribution in [1.82, 2.24) is 0 Å². The first-order valence-corrected chi connectivity index (χ1v) is 6.16. The largest absolute Gasteiger partial charge is 0.388 e. The SMILES string of the molecule is N[C@@H]1[C@@H](O)[C@H](O)[C@@H](COCc2ccccc2)O[C@H]1O. The highest BCUT2D eigenvalue weighted by atomic mass is 16.6. The van der Waals surface area contributed by atoms with Gasteiger partial charge in [0.1, 0.15) is 18.3 Å². The minimum absolute atomic E-state index is 0.0664. The molecule has 0 unspecified atom stereocenters. The van der Waals surface area contributed by atoms with Crippen molar-refractivity contribution in [2.45, 2.75) is 37.3 Å². The molecule has 0 spiro atoms. The molecular weight excluding hydrogens is 250 g/mol. The summed E-state index contributed by atoms with van der Waals surface area (Å²) in [6.07, 6.45) is -4.50. The van der Waals surface area contributed by atoms with Gasteiger partial charge in [0, 0.05) is 0 Å². The fourth-order valence-electron chi connectivity index (χ4n) is 1.97. The van der Waals surface area contributed by atoms with Crippen molar-refractivity contribution < 1.29 is 24.8 Å². The summed E-state index contributed by atoms with van der Waals surface area (Å²) in [5.74, 6) is 0. The minimum atomic E-state index is -1.30. The standard InChI is InChI=1S/C13H19NO5/c14-10-12(16)11(15)9(19-13(10)17)7-18-6-8-4-2-1-3-5-8/h1-5,9-13,15-17H,6-7,14H2/t9-,10-,11-,12-,13-/m1/s1. The molecule has 1 aliphatic heterocycles. The van der Waals surface area contributed by atoms with Gasteiger partial charge in [0.05, 0.1) is 19.3 Å². The van der Waals surface area contributed by atoms with Gasteiger partial charge in [-0.3, -0.25) is 0 Å². The lowest BCUT2D eigenvalue weighted by molar-refractivity contribution is -0.252. The molecule has 0 radical (unpaired) electrons. The van der Waals surface area contributed by atoms with Crippen LogP contribution < -0.4 is 5.73 Å². The van der Waals surface area contributed by atoms with Crippen LogP contribution in [-0.4, -0.2) is 52.6 Å². The molecule has 5 atom stereocenters. The fourth-order valence-corrected chi connectivity index (χ4v) is 1.97. The second kappa shape index (κ2) is 6.42. The zero-order valence-electron chi connectivity index (χ0n) is 10.4. The molecule has 1 heterocycles. The first-order valence-electron chi connectivity index (χ1n) is 6.16. The number of rotatable bonds is 4. The van der Waals surface area contributed by atoms with E-state index in [2.05, 4.69) is 0 Å². The van der Waals surface area contributed by atoms with E-state index in [4.69, 9.17) is 15.2 Å². The van der Waals surface area contributed by atoms with Crippen LogP contribution in [0.2, 0.25) is 0 Å². The highest BCUT2D eigenvalue weighted by Crippen LogP contribution is 2.19. The summed E-state index contributed by atoms with van der Waals surface area (Å²) in [5, 5.41) is 28.9. The topological polar surface area (TPSA) is 105 Å². The zero-order chi connectivity index (χ0) is 13.8. The van der Waals surface area contributed by atoms with Gasteiger partial charge in [-0.25, -0.2) is 0 Å². The first kappa shape index (κ1) is 14.4. The summed E-state index contributed by atoms with van der Waals surface area (Å²) in [4.78, 5) is 0. The van der Waals surface area contributed by atoms with Gasteiger partial charge in [0.2, 0.25) is 0 Å². The van der Waals surface area contributed by atoms with Crippen LogP contribution in [0.3, 0.4) is 0 Å². The Morgan fingerprint density at radius 2 is 1.79 bits per heavy atom. The Hall–Kier alpha value is -1.02. The maximum Gasteiger partial charge on any atom is 0.173 e. The summed E-state index contributed by atoms with van der Waals surface area (Å²) < 4.78 is 10.5. The van der Waals surface area contributed by atoms with E-state index in [1.54, 1.807) is 0 Å². The Balaban J connectivity index is 1.82. The summed E-state index contributed by atoms with van der Waals surface area (Å²) >= 11 is 0. The molecule has 0 amide bonds. The predicted molar refractivity (Wildman–Crippen MR) is 67.0 cm³/mol. The maximum absolute atomic E-state index is 9.78. The molecule has 0 saturated carbocycles. The molecule has 1 aromatic rings. The predicted octanol–water partition coefficient (Wildman–Crippen LogP) is -1.03. The van der Waals surface area contributed by atoms with Crippen LogP contribution in [0.4, 0.5) is 0 Å². The first-order chi connectivity index (χ1) is 9.09. The third kappa shape index (κ3) is 3.50. The lowest BCUT2D eigenvalue weighted by atomic mass is 9.98. The van der Waals surface area contributed by atoms with Crippen molar-refractivity contribution in [3.63, 3.8) is 0 Å². The van der Waals surface area contributed by atoms with E-state index in [9.17, 15) is 15.3 Å². The minimum Gasteiger partial charge on any atom is -0.388 e. The molecule has 1 fully saturated rings. The Labute approximate surface area is 111 Å². The second-order valence-corrected chi connectivity index (χ2v) is 4.62. The lowest BCUT2D eigenvalue weighted by Gasteiger charge is -2.38. The van der Waals surface area contributed by atoms with Crippen molar-refractivity contribution >= 4 is 0 Å². The number of aliphatic hydroxyl groups excluding tert-OH is 3. The summed E-state index contributed by atoms with van der Waals surface area (Å²) in [7, 11) is 0. The average Bonchev–Trinajstić information content (AvgIpc) is 2.43. The van der Waals surface area contributed by atoms with E-state index in [-0.39, 0.29) is 6.61 Å². The van der Waals surface area contributed by atoms with E-state index >= 15 is 0 Å². The molecule has 1 aromatic carbocycles. The second-order valence-electron chi connectivity index (χ2n) is 4.62. The van der Waals surface area contributed by atoms with Crippen LogP contribution in [0.15, 0.2) is 30.3 Å². The molecular formula is C13H19NO5. The Kier molecular flexibility index (Phi) is 4.87. The van der Waals surface area contributed by atoms with Crippen molar-refractivity contribution in [3.8, 4) is 0 Å². The van der Waals surface area contributed by atoms with E-state index in [0.29, 0.717) is 6.61 Å². The Morgan fingerprint density at radius 1 is 1.11 bits per heavy atom. The molecule has 0 bridgehead atoms. The van der Waals surface area contributed by atoms with Gasteiger partial charge < -0.3 is 30.5 Å². The zero-order valence-corrected chi connectivity index (χ0v) is 10.4. The van der Waals surface area contributed by atoms with Gasteiger partial charge >= 0.3 is 0 Å². The van der Waals surface area contributed by atoms with Crippen LogP contribution in [0.5, 0.6) is 0 Å². The monoisotopic (exact) mass is 269 g/mol. The molecule has 1 aliphatic rings. The molecule has 1 saturated heterocycles. The van der Waals surface area contributed by atoms with E-state index in [1.807, 2.05) is 30.3 Å². The third-order valence-corrected chi connectivity index (χ3v) is 3.16. The normalized spacial score (nSPS) is 35.3. The average molecular weight is 269 g/mol. The van der Waals surface area contributed by atoms with Crippen LogP contribution in [0.25, 0.3) is 0 Å². The van der Waals surface area contributed by atoms with Crippen molar-refractivity contribution in [2.75, 3.05) is 6.61 Å². The number of hydrogen-bond donors (Lipinski definition) is 4. The quantitative estimate of drug-likeness (QED) is 0.557. The molecule has 5 N–H and O–H groups in total. The number of aliphatic hydroxyl groups is 3. The Morgan fingerprint density at radius 3 is 2.47 bits per heavy atom. The van der Waals surface area contributed by atoms with Gasteiger partial charge in [-0.2, -0.15) is 0 Å². The van der Waals surface area contributed by atoms with E-state index in [1.165, 1.54) is 0 Å². The molecule has 106 valence electrons. The lowest BCUT2D eigenvalue weighted by Crippen LogP contribution is -2.61. The number of hydrogen-bond acceptors (Lipinski definition) is 6. The van der Waals surface area contributed by atoms with Gasteiger partial charge in [-0.1, -0.05) is 30.3 Å². The molecule has 0 aromatic heterocycles. The smallest absolute Gasteiger partial charge is 0.173 e. The number of ether oxygens (including phenoxy) is 2. The van der Waals surface area contributed by atoms with Gasteiger partial charge in [-0.15, -0.1) is 0 Å². The number of nitrogens with two attached hydrogens (primary N) is 1. The van der Waals surface area contributed by atoms with E-state index in [0.717, 1.165) is 5.56 Å². The highest BCUT2D eigenvalue weighted by Gasteiger charge is 2.41. The van der Waals surface area contributed by atoms with Crippen LogP contribution in [0, 0.1) is 0 Å². The van der Waals surface area contributed by atoms with Gasteiger partial charge in [0.25, 0.3) is 0 Å². The molecule has 0 aliphatic carbocycles. The molecule has 6 heteroatoms. The van der Waals surface area contributed by atoms with Crippen LogP contribution >= 0.6 is 0 Å². The van der Waals surface area contributed by atoms with Crippen molar-refractivity contribution in [2.24, 2.45) is 5.73 Å². The van der Waals surface area contributed by atoms with Crippen molar-refractivity contribution in [3.05, 3.63) is 35.9 Å². The summed E-state index contributed by atoms with van der Waals surface area (Å²) in [6, 6.07) is 8.52. The van der Waals surface area contributed by atoms with Gasteiger partial charge in [0.15, 0.2) is 6.29 Å². The summed E-state index contributed by atoms with van der Waals surface area (Å²) in [6.45, 7) is 0.433. The third-order valence-electron chi connectivity index (χ3n) is 3.16. The highest BCUT2D eigenvalue weighted by molar-refractivity contribution is 5.13. The fraction of sp³-hybridized carbons (Fsp3) is 0.538. The van der Waals surface area contributed by atoms with Crippen molar-refractivity contribution in [1.29, 1.82) is 0 Å². The summed E-state index contributed by atoms with van der Waals surface area (Å²) in [5.41, 5.74) is 6.46. The Bertz CT molecular complexity index is 388. The van der Waals surface area contributed by atoms with Crippen LogP contribution in [-0.2, 0) is 16.1 Å². The number of benzene rings is 1. The van der Waals surface area contributed by atoms with Gasteiger partial charge in [-0.05, 0) is 5.56 Å². The van der Waals surface area contributed by atoms with Crippen LogP contribution in [0.1, 0.15) is 5.56 Å². The van der Waals surface area contributed by atoms with E-state index < -0.39 is 30.6 Å².